The van der Waals surface area contributed by atoms with Gasteiger partial charge in [-0.3, -0.25) is 10.2 Å². The first-order valence-corrected chi connectivity index (χ1v) is 12.9. The Bertz CT molecular complexity index is 1190. The van der Waals surface area contributed by atoms with Crippen molar-refractivity contribution in [3.63, 3.8) is 0 Å². The molecule has 0 aliphatic carbocycles. The Hall–Kier alpha value is -2.74. The molecule has 11 nitrogen and oxygen atoms in total. The number of aromatic nitrogens is 4. The number of anilines is 1. The topological polar surface area (TPSA) is 119 Å². The number of carbonyl (C=O) groups is 1. The molecular weight excluding hydrogens is 476 g/mol. The summed E-state index contributed by atoms with van der Waals surface area (Å²) in [5.41, 5.74) is 0.831. The molecule has 34 heavy (non-hydrogen) atoms. The lowest BCUT2D eigenvalue weighted by molar-refractivity contribution is 0.0388. The summed E-state index contributed by atoms with van der Waals surface area (Å²) in [6, 6.07) is 5.71. The number of hydrogen-bond acceptors (Lipinski definition) is 10. The zero-order chi connectivity index (χ0) is 23.3. The number of morpholine rings is 1. The average Bonchev–Trinajstić information content (AvgIpc) is 3.43. The van der Waals surface area contributed by atoms with Crippen molar-refractivity contribution in [2.75, 3.05) is 51.3 Å². The maximum absolute atomic E-state index is 12.3. The Morgan fingerprint density at radius 3 is 3.00 bits per heavy atom. The molecule has 0 spiro atoms. The van der Waals surface area contributed by atoms with Gasteiger partial charge in [-0.25, -0.2) is 9.78 Å². The van der Waals surface area contributed by atoms with Gasteiger partial charge in [0.05, 0.1) is 30.0 Å². The third kappa shape index (κ3) is 5.49. The van der Waals surface area contributed by atoms with Gasteiger partial charge in [0.1, 0.15) is 0 Å². The first kappa shape index (κ1) is 23.0. The lowest BCUT2D eigenvalue weighted by Crippen LogP contribution is -2.42. The van der Waals surface area contributed by atoms with Crippen LogP contribution in [0.3, 0.4) is 0 Å². The highest BCUT2D eigenvalue weighted by atomic mass is 32.2. The number of ether oxygens (including phenoxy) is 2. The van der Waals surface area contributed by atoms with E-state index in [1.54, 1.807) is 4.68 Å². The van der Waals surface area contributed by atoms with Gasteiger partial charge in [0.2, 0.25) is 11.1 Å². The van der Waals surface area contributed by atoms with Crippen molar-refractivity contribution in [2.45, 2.75) is 29.8 Å². The van der Waals surface area contributed by atoms with Gasteiger partial charge in [-0.2, -0.15) is 4.68 Å². The third-order valence-corrected chi connectivity index (χ3v) is 7.23. The number of fused-ring (bicyclic) bond motifs is 2. The van der Waals surface area contributed by atoms with Crippen LogP contribution in [0.15, 0.2) is 33.4 Å². The highest BCUT2D eigenvalue weighted by molar-refractivity contribution is 7.99. The molecule has 2 aliphatic heterocycles. The fourth-order valence-corrected chi connectivity index (χ4v) is 5.50. The van der Waals surface area contributed by atoms with Gasteiger partial charge in [-0.05, 0) is 36.9 Å². The normalized spacial score (nSPS) is 16.2. The molecule has 0 saturated carbocycles. The number of hydrogen-bond donors (Lipinski definition) is 2. The minimum Gasteiger partial charge on any atom is -0.480 e. The van der Waals surface area contributed by atoms with Gasteiger partial charge in [-0.15, -0.1) is 15.3 Å². The van der Waals surface area contributed by atoms with Crippen LogP contribution in [0.25, 0.3) is 10.2 Å². The van der Waals surface area contributed by atoms with Gasteiger partial charge in [0.25, 0.3) is 0 Å². The molecule has 0 radical (unpaired) electrons. The molecule has 13 heteroatoms. The summed E-state index contributed by atoms with van der Waals surface area (Å²) in [7, 11) is 0. The molecule has 0 unspecified atom stereocenters. The summed E-state index contributed by atoms with van der Waals surface area (Å²) in [5, 5.41) is 20.1. The van der Waals surface area contributed by atoms with Gasteiger partial charge in [0, 0.05) is 43.9 Å². The molecule has 1 fully saturated rings. The fourth-order valence-electron chi connectivity index (χ4n) is 3.68. The van der Waals surface area contributed by atoms with E-state index >= 15 is 0 Å². The minimum absolute atomic E-state index is 0.250. The van der Waals surface area contributed by atoms with Crippen LogP contribution < -0.4 is 10.6 Å². The van der Waals surface area contributed by atoms with Crippen LogP contribution in [0.4, 0.5) is 9.93 Å². The molecule has 2 N–H and O–H groups in total. The Morgan fingerprint density at radius 1 is 1.26 bits per heavy atom. The predicted octanol–water partition coefficient (Wildman–Crippen LogP) is 2.64. The Kier molecular flexibility index (Phi) is 7.23. The summed E-state index contributed by atoms with van der Waals surface area (Å²) < 4.78 is 13.6. The number of nitrogens with one attached hydrogen (secondary N) is 2. The Labute approximate surface area is 204 Å². The second-order valence-electron chi connectivity index (χ2n) is 7.72. The van der Waals surface area contributed by atoms with Crippen molar-refractivity contribution < 1.29 is 14.3 Å². The summed E-state index contributed by atoms with van der Waals surface area (Å²) in [5.74, 6) is 1.53. The van der Waals surface area contributed by atoms with Crippen LogP contribution in [-0.2, 0) is 15.9 Å². The Balaban J connectivity index is 1.20. The van der Waals surface area contributed by atoms with E-state index in [1.165, 1.54) is 23.1 Å². The first-order valence-electron chi connectivity index (χ1n) is 11.3. The van der Waals surface area contributed by atoms with Crippen LogP contribution in [-0.4, -0.2) is 82.7 Å². The molecule has 3 aromatic rings. The monoisotopic (exact) mass is 502 g/mol. The molecule has 1 saturated heterocycles. The zero-order valence-corrected chi connectivity index (χ0v) is 20.5. The summed E-state index contributed by atoms with van der Waals surface area (Å²) in [4.78, 5) is 20.1. The minimum atomic E-state index is -0.250. The molecule has 0 atom stereocenters. The summed E-state index contributed by atoms with van der Waals surface area (Å²) >= 11 is 2.92. The number of carbonyl (C=O) groups excluding carboxylic acids is 1. The number of benzene rings is 1. The molecule has 0 bridgehead atoms. The molecule has 180 valence electrons. The van der Waals surface area contributed by atoms with E-state index in [2.05, 4.69) is 35.8 Å². The lowest BCUT2D eigenvalue weighted by Gasteiger charge is -2.26. The van der Waals surface area contributed by atoms with Crippen molar-refractivity contribution in [3.8, 4) is 0 Å². The second kappa shape index (κ2) is 10.7. The van der Waals surface area contributed by atoms with E-state index < -0.39 is 0 Å². The van der Waals surface area contributed by atoms with Crippen LogP contribution >= 0.6 is 23.1 Å². The summed E-state index contributed by atoms with van der Waals surface area (Å²) in [6.07, 6.45) is 1.49. The maximum atomic E-state index is 12.3. The van der Waals surface area contributed by atoms with Crippen molar-refractivity contribution in [1.82, 2.24) is 30.1 Å². The van der Waals surface area contributed by atoms with E-state index in [1.807, 2.05) is 25.1 Å². The van der Waals surface area contributed by atoms with Gasteiger partial charge < -0.3 is 14.8 Å². The number of rotatable bonds is 7. The van der Waals surface area contributed by atoms with Gasteiger partial charge >= 0.3 is 6.03 Å². The molecule has 5 rings (SSSR count). The molecule has 2 amide bonds. The summed E-state index contributed by atoms with van der Waals surface area (Å²) in [6.45, 7) is 7.22. The second-order valence-corrected chi connectivity index (χ2v) is 9.79. The van der Waals surface area contributed by atoms with Crippen LogP contribution in [0, 0.1) is 0 Å². The van der Waals surface area contributed by atoms with Crippen molar-refractivity contribution in [3.05, 3.63) is 24.0 Å². The largest absolute Gasteiger partial charge is 0.480 e. The van der Waals surface area contributed by atoms with Crippen LogP contribution in [0.2, 0.25) is 0 Å². The third-order valence-electron chi connectivity index (χ3n) is 5.37. The van der Waals surface area contributed by atoms with Crippen LogP contribution in [0.1, 0.15) is 19.2 Å². The predicted molar refractivity (Wildman–Crippen MR) is 131 cm³/mol. The number of aryl methyl sites for hydroxylation is 1. The zero-order valence-electron chi connectivity index (χ0n) is 18.8. The van der Waals surface area contributed by atoms with Crippen LogP contribution in [0.5, 0.6) is 0 Å². The van der Waals surface area contributed by atoms with E-state index in [0.29, 0.717) is 29.3 Å². The molecule has 4 heterocycles. The molecule has 1 aromatic carbocycles. The lowest BCUT2D eigenvalue weighted by atomic mass is 10.3. The van der Waals surface area contributed by atoms with E-state index in [9.17, 15) is 4.79 Å². The highest BCUT2D eigenvalue weighted by Gasteiger charge is 2.20. The smallest absolute Gasteiger partial charge is 0.321 e. The first-order chi connectivity index (χ1) is 16.7. The molecular formula is C21H26N8O3S2. The van der Waals surface area contributed by atoms with E-state index in [-0.39, 0.29) is 6.03 Å². The number of amides is 2. The Morgan fingerprint density at radius 2 is 2.15 bits per heavy atom. The van der Waals surface area contributed by atoms with Crippen molar-refractivity contribution in [1.29, 1.82) is 0 Å². The SMILES string of the molecule is CCOC1=Nn2c(nnc2Sc2ccc3nc(NC(=O)NCCN4CCOCC4)sc3c2)CC1. The highest BCUT2D eigenvalue weighted by Crippen LogP contribution is 2.33. The quantitative estimate of drug-likeness (QED) is 0.506. The average molecular weight is 503 g/mol. The number of thiazole rings is 1. The maximum Gasteiger partial charge on any atom is 0.321 e. The van der Waals surface area contributed by atoms with Crippen molar-refractivity contribution in [2.24, 2.45) is 5.10 Å². The molecule has 2 aromatic heterocycles. The number of urea groups is 1. The van der Waals surface area contributed by atoms with Gasteiger partial charge in [0.15, 0.2) is 11.0 Å². The van der Waals surface area contributed by atoms with E-state index in [4.69, 9.17) is 9.47 Å². The van der Waals surface area contributed by atoms with Crippen molar-refractivity contribution >= 4 is 50.4 Å². The van der Waals surface area contributed by atoms with Gasteiger partial charge in [-0.1, -0.05) is 11.3 Å². The van der Waals surface area contributed by atoms with E-state index in [0.717, 1.165) is 66.6 Å². The number of nitrogens with zero attached hydrogens (tertiary/aromatic N) is 6. The molecule has 2 aliphatic rings. The standard InChI is InChI=1S/C21H26N8O3S2/c1-2-32-18-6-5-17-25-26-21(29(17)27-18)33-14-3-4-15-16(13-14)34-20(23-15)24-19(30)22-7-8-28-9-11-31-12-10-28/h3-4,13H,2,5-12H2,1H3,(H2,22,23,24,30). The fraction of sp³-hybridized carbons (Fsp3) is 0.476.